The molecule has 74 valence electrons. The standard InChI is InChI=1S/C9H6N4O2/c14-9(15)7-2-1-5-13(6-7)8-3-4-10-12-11-8/h1-6H/p+1. The first-order valence-corrected chi connectivity index (χ1v) is 4.17. The summed E-state index contributed by atoms with van der Waals surface area (Å²) in [5.41, 5.74) is 0.191. The van der Waals surface area contributed by atoms with Crippen LogP contribution in [-0.4, -0.2) is 26.5 Å². The van der Waals surface area contributed by atoms with Gasteiger partial charge in [-0.05, 0) is 12.1 Å². The first-order chi connectivity index (χ1) is 7.27. The van der Waals surface area contributed by atoms with Crippen molar-refractivity contribution in [3.8, 4) is 5.82 Å². The highest BCUT2D eigenvalue weighted by atomic mass is 16.4. The lowest BCUT2D eigenvalue weighted by molar-refractivity contribution is -0.600. The second-order valence-corrected chi connectivity index (χ2v) is 2.78. The van der Waals surface area contributed by atoms with Gasteiger partial charge >= 0.3 is 11.8 Å². The van der Waals surface area contributed by atoms with E-state index in [1.165, 1.54) is 18.5 Å². The molecule has 0 radical (unpaired) electrons. The van der Waals surface area contributed by atoms with Gasteiger partial charge in [0.15, 0.2) is 0 Å². The Bertz CT molecular complexity index is 486. The molecule has 0 spiro atoms. The predicted octanol–water partition coefficient (Wildman–Crippen LogP) is -0.154. The van der Waals surface area contributed by atoms with Gasteiger partial charge in [0.2, 0.25) is 0 Å². The molecule has 2 rings (SSSR count). The van der Waals surface area contributed by atoms with E-state index in [0.29, 0.717) is 5.82 Å². The highest BCUT2D eigenvalue weighted by molar-refractivity contribution is 5.86. The number of aromatic carboxylic acids is 1. The summed E-state index contributed by atoms with van der Waals surface area (Å²) in [6.07, 6.45) is 4.64. The van der Waals surface area contributed by atoms with Crippen LogP contribution in [0.2, 0.25) is 0 Å². The maximum absolute atomic E-state index is 10.7. The fraction of sp³-hybridized carbons (Fsp3) is 0. The molecule has 0 atom stereocenters. The molecule has 0 aliphatic heterocycles. The molecule has 2 aromatic rings. The van der Waals surface area contributed by atoms with Crippen LogP contribution in [0.15, 0.2) is 36.8 Å². The zero-order valence-corrected chi connectivity index (χ0v) is 7.61. The Morgan fingerprint density at radius 1 is 1.40 bits per heavy atom. The van der Waals surface area contributed by atoms with Crippen LogP contribution in [-0.2, 0) is 0 Å². The SMILES string of the molecule is O=C(O)c1ccc[n+](-c2ccnnn2)c1. The summed E-state index contributed by atoms with van der Waals surface area (Å²) in [5.74, 6) is -0.459. The van der Waals surface area contributed by atoms with Gasteiger partial charge in [-0.15, -0.1) is 5.10 Å². The Morgan fingerprint density at radius 2 is 2.27 bits per heavy atom. The average Bonchev–Trinajstić information content (AvgIpc) is 2.30. The molecule has 0 saturated heterocycles. The van der Waals surface area contributed by atoms with Crippen LogP contribution in [0.25, 0.3) is 5.82 Å². The van der Waals surface area contributed by atoms with Crippen molar-refractivity contribution in [2.75, 3.05) is 0 Å². The van der Waals surface area contributed by atoms with Crippen LogP contribution < -0.4 is 4.57 Å². The maximum atomic E-state index is 10.7. The number of hydrogen-bond acceptors (Lipinski definition) is 4. The average molecular weight is 203 g/mol. The number of nitrogens with zero attached hydrogens (tertiary/aromatic N) is 4. The van der Waals surface area contributed by atoms with E-state index in [0.717, 1.165) is 0 Å². The molecule has 0 saturated carbocycles. The molecule has 0 fully saturated rings. The van der Waals surface area contributed by atoms with Crippen molar-refractivity contribution in [2.45, 2.75) is 0 Å². The van der Waals surface area contributed by atoms with Crippen LogP contribution in [0.3, 0.4) is 0 Å². The lowest BCUT2D eigenvalue weighted by Crippen LogP contribution is -2.32. The van der Waals surface area contributed by atoms with Crippen molar-refractivity contribution in [1.82, 2.24) is 15.4 Å². The number of aromatic nitrogens is 4. The highest BCUT2D eigenvalue weighted by Gasteiger charge is 2.10. The second kappa shape index (κ2) is 3.79. The molecule has 0 aliphatic rings. The molecule has 0 bridgehead atoms. The van der Waals surface area contributed by atoms with E-state index in [9.17, 15) is 4.79 Å². The molecule has 6 heteroatoms. The third kappa shape index (κ3) is 1.93. The molecule has 2 aromatic heterocycles. The van der Waals surface area contributed by atoms with E-state index in [1.54, 1.807) is 22.9 Å². The fourth-order valence-corrected chi connectivity index (χ4v) is 1.12. The summed E-state index contributed by atoms with van der Waals surface area (Å²) in [7, 11) is 0. The van der Waals surface area contributed by atoms with Gasteiger partial charge in [0, 0.05) is 0 Å². The minimum atomic E-state index is -0.980. The van der Waals surface area contributed by atoms with Gasteiger partial charge in [0.25, 0.3) is 0 Å². The maximum Gasteiger partial charge on any atom is 0.358 e. The van der Waals surface area contributed by atoms with Crippen LogP contribution in [0.1, 0.15) is 10.4 Å². The van der Waals surface area contributed by atoms with E-state index in [-0.39, 0.29) is 5.56 Å². The number of carboxylic acid groups (broad SMARTS) is 1. The molecule has 0 aromatic carbocycles. The second-order valence-electron chi connectivity index (χ2n) is 2.78. The molecular weight excluding hydrogens is 196 g/mol. The molecular formula is C9H7N4O2+. The van der Waals surface area contributed by atoms with Gasteiger partial charge in [-0.25, -0.2) is 9.36 Å². The van der Waals surface area contributed by atoms with Gasteiger partial charge in [-0.1, -0.05) is 0 Å². The van der Waals surface area contributed by atoms with Gasteiger partial charge < -0.3 is 5.11 Å². The quantitative estimate of drug-likeness (QED) is 0.686. The number of rotatable bonds is 2. The summed E-state index contributed by atoms with van der Waals surface area (Å²) in [6, 6.07) is 4.78. The summed E-state index contributed by atoms with van der Waals surface area (Å²) in [4.78, 5) is 10.7. The van der Waals surface area contributed by atoms with Crippen molar-refractivity contribution in [1.29, 1.82) is 0 Å². The monoisotopic (exact) mass is 203 g/mol. The van der Waals surface area contributed by atoms with Crippen molar-refractivity contribution >= 4 is 5.97 Å². The Morgan fingerprint density at radius 3 is 2.93 bits per heavy atom. The molecule has 1 N–H and O–H groups in total. The van der Waals surface area contributed by atoms with E-state index < -0.39 is 5.97 Å². The normalized spacial score (nSPS) is 9.87. The van der Waals surface area contributed by atoms with Crippen molar-refractivity contribution in [3.05, 3.63) is 42.4 Å². The first kappa shape index (κ1) is 9.20. The van der Waals surface area contributed by atoms with Crippen molar-refractivity contribution < 1.29 is 14.5 Å². The number of hydrogen-bond donors (Lipinski definition) is 1. The van der Waals surface area contributed by atoms with Crippen molar-refractivity contribution in [3.63, 3.8) is 0 Å². The third-order valence-corrected chi connectivity index (χ3v) is 1.80. The molecule has 2 heterocycles. The van der Waals surface area contributed by atoms with E-state index in [2.05, 4.69) is 15.4 Å². The molecule has 0 unspecified atom stereocenters. The van der Waals surface area contributed by atoms with E-state index in [1.807, 2.05) is 0 Å². The summed E-state index contributed by atoms with van der Waals surface area (Å²) < 4.78 is 1.57. The van der Waals surface area contributed by atoms with Crippen LogP contribution >= 0.6 is 0 Å². The predicted molar refractivity (Wildman–Crippen MR) is 48.3 cm³/mol. The largest absolute Gasteiger partial charge is 0.478 e. The van der Waals surface area contributed by atoms with Crippen LogP contribution in [0.5, 0.6) is 0 Å². The Balaban J connectivity index is 2.46. The zero-order valence-electron chi connectivity index (χ0n) is 7.61. The Kier molecular flexibility index (Phi) is 2.32. The van der Waals surface area contributed by atoms with Gasteiger partial charge in [-0.2, -0.15) is 0 Å². The smallest absolute Gasteiger partial charge is 0.358 e. The van der Waals surface area contributed by atoms with Gasteiger partial charge in [0.1, 0.15) is 11.3 Å². The molecule has 15 heavy (non-hydrogen) atoms. The summed E-state index contributed by atoms with van der Waals surface area (Å²) in [6.45, 7) is 0. The first-order valence-electron chi connectivity index (χ1n) is 4.17. The highest BCUT2D eigenvalue weighted by Crippen LogP contribution is 1.96. The number of carbonyl (C=O) groups is 1. The third-order valence-electron chi connectivity index (χ3n) is 1.80. The minimum absolute atomic E-state index is 0.191. The summed E-state index contributed by atoms with van der Waals surface area (Å²) >= 11 is 0. The molecule has 0 amide bonds. The molecule has 0 aliphatic carbocycles. The minimum Gasteiger partial charge on any atom is -0.478 e. The van der Waals surface area contributed by atoms with Gasteiger partial charge in [0.05, 0.1) is 29.2 Å². The zero-order chi connectivity index (χ0) is 10.7. The van der Waals surface area contributed by atoms with Gasteiger partial charge in [-0.3, -0.25) is 0 Å². The van der Waals surface area contributed by atoms with E-state index >= 15 is 0 Å². The van der Waals surface area contributed by atoms with E-state index in [4.69, 9.17) is 5.11 Å². The van der Waals surface area contributed by atoms with Crippen LogP contribution in [0.4, 0.5) is 0 Å². The fourth-order valence-electron chi connectivity index (χ4n) is 1.12. The number of pyridine rings is 1. The van der Waals surface area contributed by atoms with Crippen molar-refractivity contribution in [2.24, 2.45) is 0 Å². The van der Waals surface area contributed by atoms with Crippen LogP contribution in [0, 0.1) is 0 Å². The lowest BCUT2D eigenvalue weighted by Gasteiger charge is -1.95. The Labute approximate surface area is 84.8 Å². The topological polar surface area (TPSA) is 79.9 Å². The molecule has 6 nitrogen and oxygen atoms in total. The lowest BCUT2D eigenvalue weighted by atomic mass is 10.3. The number of carboxylic acids is 1. The Hall–Kier alpha value is -2.37. The summed E-state index contributed by atoms with van der Waals surface area (Å²) in [5, 5.41) is 19.6.